The summed E-state index contributed by atoms with van der Waals surface area (Å²) >= 11 is 0. The van der Waals surface area contributed by atoms with Crippen LogP contribution in [0.5, 0.6) is 0 Å². The second-order valence-electron chi connectivity index (χ2n) is 6.15. The third-order valence-electron chi connectivity index (χ3n) is 3.54. The van der Waals surface area contributed by atoms with Gasteiger partial charge in [-0.05, 0) is 44.1 Å². The highest BCUT2D eigenvalue weighted by Gasteiger charge is 2.35. The van der Waals surface area contributed by atoms with E-state index in [0.717, 1.165) is 32.2 Å². The Balaban J connectivity index is 2.70. The first-order valence-corrected chi connectivity index (χ1v) is 6.90. The zero-order valence-corrected chi connectivity index (χ0v) is 11.6. The number of rotatable bonds is 6. The lowest BCUT2D eigenvalue weighted by Gasteiger charge is -2.33. The van der Waals surface area contributed by atoms with Crippen molar-refractivity contribution in [2.24, 2.45) is 11.8 Å². The van der Waals surface area contributed by atoms with Gasteiger partial charge < -0.3 is 5.11 Å². The van der Waals surface area contributed by atoms with E-state index >= 15 is 0 Å². The number of hydrogen-bond acceptors (Lipinski definition) is 2. The van der Waals surface area contributed by atoms with E-state index in [4.69, 9.17) is 0 Å². The first kappa shape index (κ1) is 14.5. The number of aliphatic carboxylic acids is 1. The Hall–Kier alpha value is -0.570. The van der Waals surface area contributed by atoms with Gasteiger partial charge in [-0.2, -0.15) is 0 Å². The van der Waals surface area contributed by atoms with Crippen molar-refractivity contribution in [1.29, 1.82) is 0 Å². The molecule has 3 nitrogen and oxygen atoms in total. The summed E-state index contributed by atoms with van der Waals surface area (Å²) in [4.78, 5) is 13.5. The minimum Gasteiger partial charge on any atom is -0.480 e. The Labute approximate surface area is 105 Å². The van der Waals surface area contributed by atoms with Crippen LogP contribution >= 0.6 is 0 Å². The quantitative estimate of drug-likeness (QED) is 0.777. The van der Waals surface area contributed by atoms with E-state index in [1.165, 1.54) is 0 Å². The van der Waals surface area contributed by atoms with Gasteiger partial charge in [0.2, 0.25) is 0 Å². The number of carboxylic acids is 1. The van der Waals surface area contributed by atoms with Crippen LogP contribution in [0.15, 0.2) is 0 Å². The van der Waals surface area contributed by atoms with Crippen LogP contribution in [0.4, 0.5) is 0 Å². The second-order valence-corrected chi connectivity index (χ2v) is 6.15. The van der Waals surface area contributed by atoms with Gasteiger partial charge in [-0.15, -0.1) is 0 Å². The van der Waals surface area contributed by atoms with Gasteiger partial charge in [-0.1, -0.05) is 27.7 Å². The number of carboxylic acid groups (broad SMARTS) is 1. The van der Waals surface area contributed by atoms with Crippen LogP contribution < -0.4 is 0 Å². The first-order chi connectivity index (χ1) is 7.91. The summed E-state index contributed by atoms with van der Waals surface area (Å²) < 4.78 is 0. The zero-order valence-electron chi connectivity index (χ0n) is 11.6. The summed E-state index contributed by atoms with van der Waals surface area (Å²) in [7, 11) is 0. The number of carbonyl (C=O) groups is 1. The molecule has 100 valence electrons. The molecule has 1 fully saturated rings. The molecule has 1 aliphatic heterocycles. The SMILES string of the molecule is CC(C)CC(CC(C)C)N1CCCC1C(=O)O. The van der Waals surface area contributed by atoms with Crippen LogP contribution in [0.1, 0.15) is 53.4 Å². The van der Waals surface area contributed by atoms with Crippen LogP contribution in [-0.2, 0) is 4.79 Å². The van der Waals surface area contributed by atoms with Crippen molar-refractivity contribution >= 4 is 5.97 Å². The van der Waals surface area contributed by atoms with Crippen molar-refractivity contribution in [1.82, 2.24) is 4.90 Å². The van der Waals surface area contributed by atoms with Crippen molar-refractivity contribution < 1.29 is 9.90 Å². The van der Waals surface area contributed by atoms with Gasteiger partial charge in [0, 0.05) is 6.04 Å². The predicted octanol–water partition coefficient (Wildman–Crippen LogP) is 3.00. The highest BCUT2D eigenvalue weighted by Crippen LogP contribution is 2.27. The number of likely N-dealkylation sites (tertiary alicyclic amines) is 1. The van der Waals surface area contributed by atoms with Crippen molar-refractivity contribution in [2.75, 3.05) is 6.54 Å². The maximum absolute atomic E-state index is 11.2. The minimum absolute atomic E-state index is 0.238. The normalized spacial score (nSPS) is 21.9. The molecule has 0 aliphatic carbocycles. The molecule has 0 spiro atoms. The molecular weight excluding hydrogens is 214 g/mol. The molecule has 17 heavy (non-hydrogen) atoms. The zero-order chi connectivity index (χ0) is 13.0. The average Bonchev–Trinajstić information content (AvgIpc) is 2.62. The van der Waals surface area contributed by atoms with Crippen LogP contribution in [0.2, 0.25) is 0 Å². The van der Waals surface area contributed by atoms with E-state index in [9.17, 15) is 9.90 Å². The van der Waals surface area contributed by atoms with Crippen LogP contribution in [0, 0.1) is 11.8 Å². The van der Waals surface area contributed by atoms with E-state index in [1.807, 2.05) is 0 Å². The van der Waals surface area contributed by atoms with E-state index in [1.54, 1.807) is 0 Å². The lowest BCUT2D eigenvalue weighted by Crippen LogP contribution is -2.44. The molecule has 1 atom stereocenters. The number of nitrogens with zero attached hydrogens (tertiary/aromatic N) is 1. The van der Waals surface area contributed by atoms with Crippen LogP contribution in [0.3, 0.4) is 0 Å². The molecule has 0 bridgehead atoms. The van der Waals surface area contributed by atoms with Gasteiger partial charge >= 0.3 is 5.97 Å². The Morgan fingerprint density at radius 3 is 2.18 bits per heavy atom. The summed E-state index contributed by atoms with van der Waals surface area (Å²) in [6, 6.07) is 0.205. The highest BCUT2D eigenvalue weighted by molar-refractivity contribution is 5.73. The summed E-state index contributed by atoms with van der Waals surface area (Å²) in [5.41, 5.74) is 0. The molecular formula is C14H27NO2. The summed E-state index contributed by atoms with van der Waals surface area (Å²) in [6.45, 7) is 9.85. The Kier molecular flexibility index (Phi) is 5.44. The Morgan fingerprint density at radius 2 is 1.76 bits per heavy atom. The monoisotopic (exact) mass is 241 g/mol. The smallest absolute Gasteiger partial charge is 0.320 e. The molecule has 0 aromatic carbocycles. The second kappa shape index (κ2) is 6.39. The average molecular weight is 241 g/mol. The number of hydrogen-bond donors (Lipinski definition) is 1. The molecule has 0 aromatic rings. The maximum atomic E-state index is 11.2. The fourth-order valence-electron chi connectivity index (χ4n) is 2.95. The van der Waals surface area contributed by atoms with E-state index in [2.05, 4.69) is 32.6 Å². The minimum atomic E-state index is -0.639. The fraction of sp³-hybridized carbons (Fsp3) is 0.929. The third-order valence-corrected chi connectivity index (χ3v) is 3.54. The van der Waals surface area contributed by atoms with E-state index < -0.39 is 5.97 Å². The van der Waals surface area contributed by atoms with Gasteiger partial charge in [-0.25, -0.2) is 0 Å². The lowest BCUT2D eigenvalue weighted by atomic mass is 9.94. The molecule has 0 saturated carbocycles. The van der Waals surface area contributed by atoms with Crippen LogP contribution in [0.25, 0.3) is 0 Å². The molecule has 0 aromatic heterocycles. The standard InChI is InChI=1S/C14H27NO2/c1-10(2)8-12(9-11(3)4)15-7-5-6-13(15)14(16)17/h10-13H,5-9H2,1-4H3,(H,16,17). The largest absolute Gasteiger partial charge is 0.480 e. The van der Waals surface area contributed by atoms with Gasteiger partial charge in [0.25, 0.3) is 0 Å². The van der Waals surface area contributed by atoms with E-state index in [-0.39, 0.29) is 6.04 Å². The third kappa shape index (κ3) is 4.30. The first-order valence-electron chi connectivity index (χ1n) is 6.90. The Bertz CT molecular complexity index is 241. The molecule has 0 amide bonds. The summed E-state index contributed by atoms with van der Waals surface area (Å²) in [5, 5.41) is 9.26. The van der Waals surface area contributed by atoms with Crippen molar-refractivity contribution in [2.45, 2.75) is 65.5 Å². The molecule has 1 N–H and O–H groups in total. The molecule has 1 unspecified atom stereocenters. The summed E-state index contributed by atoms with van der Waals surface area (Å²) in [5.74, 6) is 0.627. The van der Waals surface area contributed by atoms with Gasteiger partial charge in [0.1, 0.15) is 6.04 Å². The molecule has 1 heterocycles. The molecule has 1 aliphatic rings. The molecule has 1 saturated heterocycles. The van der Waals surface area contributed by atoms with Crippen LogP contribution in [-0.4, -0.2) is 34.6 Å². The van der Waals surface area contributed by atoms with Gasteiger partial charge in [0.15, 0.2) is 0 Å². The van der Waals surface area contributed by atoms with Gasteiger partial charge in [-0.3, -0.25) is 9.69 Å². The molecule has 3 heteroatoms. The van der Waals surface area contributed by atoms with Crippen molar-refractivity contribution in [3.63, 3.8) is 0 Å². The summed E-state index contributed by atoms with van der Waals surface area (Å²) in [6.07, 6.45) is 4.08. The van der Waals surface area contributed by atoms with Gasteiger partial charge in [0.05, 0.1) is 0 Å². The topological polar surface area (TPSA) is 40.5 Å². The van der Waals surface area contributed by atoms with Crippen molar-refractivity contribution in [3.05, 3.63) is 0 Å². The molecule has 1 rings (SSSR count). The van der Waals surface area contributed by atoms with E-state index in [0.29, 0.717) is 17.9 Å². The maximum Gasteiger partial charge on any atom is 0.320 e. The Morgan fingerprint density at radius 1 is 1.24 bits per heavy atom. The van der Waals surface area contributed by atoms with Crippen molar-refractivity contribution in [3.8, 4) is 0 Å². The fourth-order valence-corrected chi connectivity index (χ4v) is 2.95. The molecule has 0 radical (unpaired) electrons. The lowest BCUT2D eigenvalue weighted by molar-refractivity contribution is -0.143. The predicted molar refractivity (Wildman–Crippen MR) is 70.1 cm³/mol. The highest BCUT2D eigenvalue weighted by atomic mass is 16.4.